The molecule has 172 valence electrons. The summed E-state index contributed by atoms with van der Waals surface area (Å²) in [4.78, 5) is 2.19. The number of hydrogen-bond donors (Lipinski definition) is 0. The number of anilines is 2. The van der Waals surface area contributed by atoms with E-state index in [9.17, 15) is 0 Å². The highest BCUT2D eigenvalue weighted by Gasteiger charge is 2.13. The maximum absolute atomic E-state index is 4.07. The molecule has 0 radical (unpaired) electrons. The minimum atomic E-state index is 0.955. The maximum Gasteiger partial charge on any atom is 0.0462 e. The molecular weight excluding hydrogens is 422 g/mol. The summed E-state index contributed by atoms with van der Waals surface area (Å²) in [7, 11) is 0. The number of benzene rings is 3. The van der Waals surface area contributed by atoms with E-state index < -0.39 is 0 Å². The average molecular weight is 454 g/mol. The quantitative estimate of drug-likeness (QED) is 0.261. The molecule has 0 atom stereocenters. The van der Waals surface area contributed by atoms with Gasteiger partial charge in [0.1, 0.15) is 0 Å². The van der Waals surface area contributed by atoms with Crippen LogP contribution in [0.1, 0.15) is 5.56 Å². The molecule has 0 spiro atoms. The van der Waals surface area contributed by atoms with Crippen molar-refractivity contribution < 1.29 is 0 Å². The molecule has 0 saturated carbocycles. The molecule has 3 aromatic rings. The lowest BCUT2D eigenvalue weighted by Gasteiger charge is -2.26. The van der Waals surface area contributed by atoms with Crippen LogP contribution in [-0.2, 0) is 0 Å². The van der Waals surface area contributed by atoms with Gasteiger partial charge < -0.3 is 4.90 Å². The van der Waals surface area contributed by atoms with Gasteiger partial charge >= 0.3 is 0 Å². The van der Waals surface area contributed by atoms with Crippen molar-refractivity contribution in [2.75, 3.05) is 4.90 Å². The van der Waals surface area contributed by atoms with Gasteiger partial charge in [-0.3, -0.25) is 0 Å². The Morgan fingerprint density at radius 3 is 1.74 bits per heavy atom. The minimum absolute atomic E-state index is 0.955. The molecule has 35 heavy (non-hydrogen) atoms. The van der Waals surface area contributed by atoms with Crippen LogP contribution < -0.4 is 4.90 Å². The lowest BCUT2D eigenvalue weighted by Crippen LogP contribution is -2.15. The van der Waals surface area contributed by atoms with Crippen LogP contribution >= 0.6 is 0 Å². The van der Waals surface area contributed by atoms with Gasteiger partial charge in [0, 0.05) is 17.1 Å². The Balaban J connectivity index is 2.05. The first kappa shape index (κ1) is 25.0. The van der Waals surface area contributed by atoms with E-state index in [1.807, 2.05) is 48.6 Å². The first-order valence-corrected chi connectivity index (χ1v) is 11.5. The Morgan fingerprint density at radius 1 is 0.571 bits per heavy atom. The summed E-state index contributed by atoms with van der Waals surface area (Å²) in [6, 6.07) is 27.4. The molecule has 0 fully saturated rings. The Morgan fingerprint density at radius 2 is 1.17 bits per heavy atom. The van der Waals surface area contributed by atoms with Crippen LogP contribution in [-0.4, -0.2) is 0 Å². The van der Waals surface area contributed by atoms with Gasteiger partial charge in [-0.2, -0.15) is 0 Å². The van der Waals surface area contributed by atoms with Crippen molar-refractivity contribution in [3.05, 3.63) is 177 Å². The maximum atomic E-state index is 4.07. The third kappa shape index (κ3) is 6.69. The van der Waals surface area contributed by atoms with Crippen molar-refractivity contribution in [2.45, 2.75) is 0 Å². The van der Waals surface area contributed by atoms with Gasteiger partial charge in [0.15, 0.2) is 0 Å². The Hall–Kier alpha value is -4.62. The summed E-state index contributed by atoms with van der Waals surface area (Å²) >= 11 is 0. The molecule has 0 saturated heterocycles. The second-order valence-electron chi connectivity index (χ2n) is 7.66. The zero-order chi connectivity index (χ0) is 24.9. The molecule has 0 heterocycles. The van der Waals surface area contributed by atoms with Crippen molar-refractivity contribution in [3.63, 3.8) is 0 Å². The summed E-state index contributed by atoms with van der Waals surface area (Å²) in [5.41, 5.74) is 7.57. The number of hydrogen-bond acceptors (Lipinski definition) is 1. The van der Waals surface area contributed by atoms with Crippen LogP contribution in [0.5, 0.6) is 0 Å². The Bertz CT molecular complexity index is 1260. The molecule has 0 aliphatic heterocycles. The predicted octanol–water partition coefficient (Wildman–Crippen LogP) is 9.62. The van der Waals surface area contributed by atoms with Gasteiger partial charge in [0.25, 0.3) is 0 Å². The predicted molar refractivity (Wildman–Crippen MR) is 156 cm³/mol. The fourth-order valence-electron chi connectivity index (χ4n) is 3.70. The highest BCUT2D eigenvalue weighted by atomic mass is 15.1. The second-order valence-corrected chi connectivity index (χ2v) is 7.66. The average Bonchev–Trinajstić information content (AvgIpc) is 2.91. The van der Waals surface area contributed by atoms with Crippen molar-refractivity contribution in [1.29, 1.82) is 0 Å². The molecule has 0 amide bonds. The van der Waals surface area contributed by atoms with E-state index in [1.54, 1.807) is 18.2 Å². The normalized spacial score (nSPS) is 12.0. The van der Waals surface area contributed by atoms with E-state index in [0.29, 0.717) is 0 Å². The smallest absolute Gasteiger partial charge is 0.0462 e. The number of rotatable bonds is 11. The molecule has 0 unspecified atom stereocenters. The van der Waals surface area contributed by atoms with Crippen LogP contribution in [0.4, 0.5) is 11.4 Å². The summed E-state index contributed by atoms with van der Waals surface area (Å²) in [6.07, 6.45) is 19.0. The lowest BCUT2D eigenvalue weighted by molar-refractivity contribution is 1.21. The number of allylic oxidation sites excluding steroid dienone is 11. The molecule has 0 aliphatic carbocycles. The molecule has 3 rings (SSSR count). The summed E-state index contributed by atoms with van der Waals surface area (Å²) in [5, 5.41) is 0. The van der Waals surface area contributed by atoms with Crippen LogP contribution in [0.25, 0.3) is 16.7 Å². The van der Waals surface area contributed by atoms with Gasteiger partial charge in [0.05, 0.1) is 0 Å². The SMILES string of the molecule is C=C/C=C\C=C(/C=C)N(c1ccc(C(/C=C\C=C)=C/C=C)cc1)c1ccc(-c2ccccc2)cc1. The van der Waals surface area contributed by atoms with E-state index in [2.05, 4.69) is 104 Å². The van der Waals surface area contributed by atoms with Crippen LogP contribution in [0, 0.1) is 0 Å². The van der Waals surface area contributed by atoms with E-state index in [1.165, 1.54) is 11.1 Å². The first-order valence-electron chi connectivity index (χ1n) is 11.5. The summed E-state index contributed by atoms with van der Waals surface area (Å²) < 4.78 is 0. The fraction of sp³-hybridized carbons (Fsp3) is 0. The van der Waals surface area contributed by atoms with Crippen LogP contribution in [0.15, 0.2) is 172 Å². The topological polar surface area (TPSA) is 3.24 Å². The molecule has 0 bridgehead atoms. The largest absolute Gasteiger partial charge is 0.311 e. The third-order valence-corrected chi connectivity index (χ3v) is 5.38. The standard InChI is InChI=1S/C34H31N/c1-5-9-12-19-32(8-4)35(34-26-22-31(23-27-34)29-17-13-11-14-18-29)33-24-20-30(21-25-33)28(15-7-3)16-10-6-2/h5-27H,1-4H2/b12-9-,16-10-,28-15+,32-19+. The summed E-state index contributed by atoms with van der Waals surface area (Å²) in [5.74, 6) is 0. The minimum Gasteiger partial charge on any atom is -0.311 e. The monoisotopic (exact) mass is 453 g/mol. The van der Waals surface area contributed by atoms with Crippen LogP contribution in [0.3, 0.4) is 0 Å². The van der Waals surface area contributed by atoms with Crippen molar-refractivity contribution in [2.24, 2.45) is 0 Å². The number of nitrogens with zero attached hydrogens (tertiary/aromatic N) is 1. The van der Waals surface area contributed by atoms with Crippen molar-refractivity contribution >= 4 is 16.9 Å². The first-order chi connectivity index (χ1) is 17.2. The molecule has 3 aromatic carbocycles. The Kier molecular flexibility index (Phi) is 9.42. The molecule has 0 aromatic heterocycles. The van der Waals surface area contributed by atoms with Crippen molar-refractivity contribution in [1.82, 2.24) is 0 Å². The van der Waals surface area contributed by atoms with Crippen molar-refractivity contribution in [3.8, 4) is 11.1 Å². The van der Waals surface area contributed by atoms with Gasteiger partial charge in [-0.05, 0) is 58.7 Å². The molecule has 0 N–H and O–H groups in total. The zero-order valence-corrected chi connectivity index (χ0v) is 20.1. The van der Waals surface area contributed by atoms with E-state index in [-0.39, 0.29) is 0 Å². The third-order valence-electron chi connectivity index (χ3n) is 5.38. The van der Waals surface area contributed by atoms with E-state index in [4.69, 9.17) is 0 Å². The highest BCUT2D eigenvalue weighted by Crippen LogP contribution is 2.33. The molecule has 1 nitrogen and oxygen atoms in total. The van der Waals surface area contributed by atoms with Gasteiger partial charge in [0.2, 0.25) is 0 Å². The highest BCUT2D eigenvalue weighted by molar-refractivity contribution is 5.79. The molecule has 0 aliphatic rings. The lowest BCUT2D eigenvalue weighted by atomic mass is 10.0. The second kappa shape index (κ2) is 13.2. The van der Waals surface area contributed by atoms with Gasteiger partial charge in [-0.1, -0.05) is 130 Å². The molecular formula is C34H31N. The van der Waals surface area contributed by atoms with Crippen LogP contribution in [0.2, 0.25) is 0 Å². The Labute approximate surface area is 210 Å². The fourth-order valence-corrected chi connectivity index (χ4v) is 3.70. The summed E-state index contributed by atoms with van der Waals surface area (Å²) in [6.45, 7) is 15.4. The zero-order valence-electron chi connectivity index (χ0n) is 20.1. The van der Waals surface area contributed by atoms with E-state index >= 15 is 0 Å². The van der Waals surface area contributed by atoms with Gasteiger partial charge in [-0.15, -0.1) is 0 Å². The molecule has 1 heteroatoms. The van der Waals surface area contributed by atoms with E-state index in [0.717, 1.165) is 28.2 Å². The van der Waals surface area contributed by atoms with Gasteiger partial charge in [-0.25, -0.2) is 0 Å².